The molecule has 166 valence electrons. The highest BCUT2D eigenvalue weighted by atomic mass is 32.2. The number of likely N-dealkylation sites (N-methyl/N-ethyl adjacent to an activating group) is 1. The number of fused-ring (bicyclic) bond motifs is 1. The second kappa shape index (κ2) is 9.06. The second-order valence-electron chi connectivity index (χ2n) is 8.28. The van der Waals surface area contributed by atoms with Crippen LogP contribution in [-0.4, -0.2) is 19.6 Å². The Morgan fingerprint density at radius 3 is 2.62 bits per heavy atom. The van der Waals surface area contributed by atoms with Crippen LogP contribution in [0.25, 0.3) is 11.1 Å². The van der Waals surface area contributed by atoms with E-state index in [4.69, 9.17) is 9.88 Å². The minimum absolute atomic E-state index is 0.0292. The minimum atomic E-state index is -0.757. The number of rotatable bonds is 7. The van der Waals surface area contributed by atoms with Gasteiger partial charge in [0.25, 0.3) is 0 Å². The zero-order valence-corrected chi connectivity index (χ0v) is 19.3. The van der Waals surface area contributed by atoms with Gasteiger partial charge in [-0.3, -0.25) is 9.93 Å². The summed E-state index contributed by atoms with van der Waals surface area (Å²) in [6.07, 6.45) is 0.515. The molecule has 0 aliphatic carbocycles. The molecule has 1 amide bonds. The highest BCUT2D eigenvalue weighted by molar-refractivity contribution is 7.97. The van der Waals surface area contributed by atoms with Crippen LogP contribution in [0.5, 0.6) is 0 Å². The van der Waals surface area contributed by atoms with E-state index >= 15 is 0 Å². The molecular weight excluding hydrogens is 423 g/mol. The summed E-state index contributed by atoms with van der Waals surface area (Å²) in [4.78, 5) is 15.7. The summed E-state index contributed by atoms with van der Waals surface area (Å²) < 4.78 is 19.6. The van der Waals surface area contributed by atoms with Gasteiger partial charge in [0.1, 0.15) is 5.82 Å². The van der Waals surface area contributed by atoms with E-state index in [0.717, 1.165) is 32.7 Å². The number of amides is 1. The number of halogens is 1. The molecule has 2 N–H and O–H groups in total. The van der Waals surface area contributed by atoms with Crippen LogP contribution in [0.4, 0.5) is 10.1 Å². The van der Waals surface area contributed by atoms with Crippen LogP contribution in [0.1, 0.15) is 30.5 Å². The smallest absolute Gasteiger partial charge is 0.237 e. The highest BCUT2D eigenvalue weighted by Gasteiger charge is 2.46. The van der Waals surface area contributed by atoms with Gasteiger partial charge in [-0.25, -0.2) is 4.39 Å². The van der Waals surface area contributed by atoms with Crippen molar-refractivity contribution in [1.29, 1.82) is 0 Å². The predicted molar refractivity (Wildman–Crippen MR) is 128 cm³/mol. The first kappa shape index (κ1) is 22.5. The molecule has 3 aromatic carbocycles. The molecule has 0 radical (unpaired) electrons. The van der Waals surface area contributed by atoms with Gasteiger partial charge in [-0.2, -0.15) is 0 Å². The Kier molecular flexibility index (Phi) is 6.38. The number of ether oxygens (including phenoxy) is 1. The van der Waals surface area contributed by atoms with E-state index in [1.165, 1.54) is 24.1 Å². The minimum Gasteiger partial charge on any atom is -0.377 e. The summed E-state index contributed by atoms with van der Waals surface area (Å²) in [5, 5.41) is 5.90. The van der Waals surface area contributed by atoms with E-state index in [2.05, 4.69) is 24.3 Å². The second-order valence-corrected chi connectivity index (χ2v) is 8.95. The first-order valence-electron chi connectivity index (χ1n) is 10.6. The Hall–Kier alpha value is -2.67. The molecule has 1 unspecified atom stereocenters. The van der Waals surface area contributed by atoms with Crippen molar-refractivity contribution in [3.05, 3.63) is 83.2 Å². The van der Waals surface area contributed by atoms with Gasteiger partial charge in [-0.1, -0.05) is 42.5 Å². The maximum Gasteiger partial charge on any atom is 0.237 e. The van der Waals surface area contributed by atoms with Gasteiger partial charge in [0.05, 0.1) is 17.7 Å². The van der Waals surface area contributed by atoms with Crippen molar-refractivity contribution in [2.75, 3.05) is 18.6 Å². The molecule has 1 heterocycles. The molecule has 0 spiro atoms. The van der Waals surface area contributed by atoms with Gasteiger partial charge in [0.2, 0.25) is 5.91 Å². The molecular formula is C26H27FN2O2S. The van der Waals surface area contributed by atoms with Gasteiger partial charge >= 0.3 is 0 Å². The van der Waals surface area contributed by atoms with Gasteiger partial charge < -0.3 is 9.64 Å². The molecule has 4 rings (SSSR count). The number of carbonyl (C=O) groups excluding carboxylic acids is 1. The van der Waals surface area contributed by atoms with Crippen LogP contribution in [0, 0.1) is 5.82 Å². The predicted octanol–water partition coefficient (Wildman–Crippen LogP) is 5.47. The fourth-order valence-corrected chi connectivity index (χ4v) is 5.03. The zero-order chi connectivity index (χ0) is 22.9. The summed E-state index contributed by atoms with van der Waals surface area (Å²) >= 11 is 1.22. The van der Waals surface area contributed by atoms with Crippen LogP contribution in [-0.2, 0) is 28.0 Å². The molecule has 0 aromatic heterocycles. The van der Waals surface area contributed by atoms with E-state index in [9.17, 15) is 9.18 Å². The highest BCUT2D eigenvalue weighted by Crippen LogP contribution is 2.44. The lowest BCUT2D eigenvalue weighted by atomic mass is 9.78. The lowest BCUT2D eigenvalue weighted by Crippen LogP contribution is -2.37. The molecule has 0 saturated heterocycles. The van der Waals surface area contributed by atoms with Crippen LogP contribution in [0.15, 0.2) is 65.6 Å². The topological polar surface area (TPSA) is 55.6 Å². The first-order valence-corrected chi connectivity index (χ1v) is 11.5. The van der Waals surface area contributed by atoms with Crippen molar-refractivity contribution in [2.45, 2.75) is 37.2 Å². The fourth-order valence-electron chi connectivity index (χ4n) is 4.57. The van der Waals surface area contributed by atoms with Crippen molar-refractivity contribution in [2.24, 2.45) is 5.14 Å². The van der Waals surface area contributed by atoms with E-state index < -0.39 is 5.41 Å². The van der Waals surface area contributed by atoms with Crippen molar-refractivity contribution in [3.63, 3.8) is 0 Å². The normalized spacial score (nSPS) is 17.7. The maximum absolute atomic E-state index is 13.8. The van der Waals surface area contributed by atoms with Crippen molar-refractivity contribution in [1.82, 2.24) is 0 Å². The first-order chi connectivity index (χ1) is 15.4. The number of benzene rings is 3. The number of nitrogens with zero attached hydrogens (tertiary/aromatic N) is 1. The summed E-state index contributed by atoms with van der Waals surface area (Å²) in [5.74, 6) is -0.370. The molecule has 0 saturated carbocycles. The van der Waals surface area contributed by atoms with Crippen molar-refractivity contribution in [3.8, 4) is 11.1 Å². The Balaban J connectivity index is 1.75. The average molecular weight is 451 g/mol. The van der Waals surface area contributed by atoms with Crippen LogP contribution in [0.3, 0.4) is 0 Å². The molecule has 6 heteroatoms. The van der Waals surface area contributed by atoms with Crippen molar-refractivity contribution < 1.29 is 13.9 Å². The Bertz CT molecular complexity index is 1170. The SMILES string of the molecule is CCOCc1cc(CC2(C)C(=O)N(C)c3cc(F)ccc32)ccc1-c1ccccc1SN. The molecule has 4 nitrogen and oxygen atoms in total. The molecule has 0 bridgehead atoms. The third kappa shape index (κ3) is 3.94. The Labute approximate surface area is 192 Å². The molecule has 1 aliphatic rings. The third-order valence-electron chi connectivity index (χ3n) is 6.19. The van der Waals surface area contributed by atoms with Crippen molar-refractivity contribution >= 4 is 23.5 Å². The van der Waals surface area contributed by atoms with Crippen LogP contribution in [0.2, 0.25) is 0 Å². The summed E-state index contributed by atoms with van der Waals surface area (Å²) in [6, 6.07) is 18.9. The largest absolute Gasteiger partial charge is 0.377 e. The number of hydrogen-bond donors (Lipinski definition) is 1. The van der Waals surface area contributed by atoms with Crippen LogP contribution < -0.4 is 10.0 Å². The van der Waals surface area contributed by atoms with Gasteiger partial charge in [0, 0.05) is 18.6 Å². The van der Waals surface area contributed by atoms with Gasteiger partial charge in [-0.15, -0.1) is 0 Å². The quantitative estimate of drug-likeness (QED) is 0.485. The standard InChI is InChI=1S/C26H27FN2O2S/c1-4-31-16-18-13-17(9-11-20(18)21-7-5-6-8-24(21)32-28)15-26(2)22-12-10-19(27)14-23(22)29(3)25(26)30/h5-14H,4,15-16,28H2,1-3H3. The monoisotopic (exact) mass is 450 g/mol. The lowest BCUT2D eigenvalue weighted by molar-refractivity contribution is -0.122. The summed E-state index contributed by atoms with van der Waals surface area (Å²) in [6.45, 7) is 4.98. The van der Waals surface area contributed by atoms with Gasteiger partial charge in [0.15, 0.2) is 0 Å². The fraction of sp³-hybridized carbons (Fsp3) is 0.269. The number of nitrogens with two attached hydrogens (primary N) is 1. The van der Waals surface area contributed by atoms with Crippen LogP contribution >= 0.6 is 11.9 Å². The number of carbonyl (C=O) groups is 1. The van der Waals surface area contributed by atoms with Gasteiger partial charge in [-0.05, 0) is 78.2 Å². The van der Waals surface area contributed by atoms with E-state index in [1.54, 1.807) is 18.0 Å². The van der Waals surface area contributed by atoms with E-state index in [-0.39, 0.29) is 11.7 Å². The summed E-state index contributed by atoms with van der Waals surface area (Å²) in [7, 11) is 1.71. The Morgan fingerprint density at radius 2 is 1.88 bits per heavy atom. The number of anilines is 1. The molecule has 1 atom stereocenters. The zero-order valence-electron chi connectivity index (χ0n) is 18.5. The van der Waals surface area contributed by atoms with E-state index in [1.807, 2.05) is 32.0 Å². The Morgan fingerprint density at radius 1 is 1.09 bits per heavy atom. The summed E-state index contributed by atoms with van der Waals surface area (Å²) in [5.41, 5.74) is 4.94. The number of hydrogen-bond acceptors (Lipinski definition) is 4. The lowest BCUT2D eigenvalue weighted by Gasteiger charge is -2.24. The third-order valence-corrected chi connectivity index (χ3v) is 6.80. The molecule has 3 aromatic rings. The molecule has 1 aliphatic heterocycles. The molecule has 32 heavy (non-hydrogen) atoms. The average Bonchev–Trinajstić information content (AvgIpc) is 2.98. The van der Waals surface area contributed by atoms with E-state index in [0.29, 0.717) is 25.3 Å². The molecule has 0 fully saturated rings. The maximum atomic E-state index is 13.8.